The molecule has 0 fully saturated rings. The van der Waals surface area contributed by atoms with Crippen molar-refractivity contribution in [3.8, 4) is 11.5 Å². The summed E-state index contributed by atoms with van der Waals surface area (Å²) < 4.78 is 25.4. The topological polar surface area (TPSA) is 60.5 Å². The van der Waals surface area contributed by atoms with E-state index in [9.17, 15) is 4.39 Å². The fourth-order valence-corrected chi connectivity index (χ4v) is 2.24. The number of aromatic nitrogens is 2. The minimum atomic E-state index is -0.363. The molecule has 0 unspecified atom stereocenters. The standard InChI is InChI=1S/C16H15FN4O2/c1-10-16(21-9-11(17)4-7-15(21)18-10)20-19-12-5-6-13(22-2)14(8-12)23-3/h4-9H,1-3H3. The Hall–Kier alpha value is -2.96. The molecule has 0 aliphatic rings. The molecule has 7 heteroatoms. The number of hydrogen-bond donors (Lipinski definition) is 0. The van der Waals surface area contributed by atoms with Gasteiger partial charge in [-0.2, -0.15) is 0 Å². The highest BCUT2D eigenvalue weighted by molar-refractivity contribution is 5.53. The van der Waals surface area contributed by atoms with Crippen LogP contribution in [-0.4, -0.2) is 23.6 Å². The van der Waals surface area contributed by atoms with E-state index in [1.807, 2.05) is 0 Å². The van der Waals surface area contributed by atoms with E-state index in [-0.39, 0.29) is 5.82 Å². The number of ether oxygens (including phenoxy) is 2. The Kier molecular flexibility index (Phi) is 3.92. The van der Waals surface area contributed by atoms with Crippen molar-refractivity contribution in [1.29, 1.82) is 0 Å². The summed E-state index contributed by atoms with van der Waals surface area (Å²) >= 11 is 0. The Morgan fingerprint density at radius 1 is 1.04 bits per heavy atom. The lowest BCUT2D eigenvalue weighted by Gasteiger charge is -2.06. The first kappa shape index (κ1) is 15.0. The first-order valence-electron chi connectivity index (χ1n) is 6.90. The number of methoxy groups -OCH3 is 2. The van der Waals surface area contributed by atoms with Gasteiger partial charge >= 0.3 is 0 Å². The Balaban J connectivity index is 2.00. The van der Waals surface area contributed by atoms with E-state index < -0.39 is 0 Å². The van der Waals surface area contributed by atoms with Crippen LogP contribution < -0.4 is 9.47 Å². The van der Waals surface area contributed by atoms with Crippen LogP contribution in [0.25, 0.3) is 5.65 Å². The van der Waals surface area contributed by atoms with E-state index in [0.29, 0.717) is 34.3 Å². The zero-order valence-electron chi connectivity index (χ0n) is 12.9. The van der Waals surface area contributed by atoms with Crippen LogP contribution in [0.15, 0.2) is 46.8 Å². The molecule has 2 heterocycles. The number of nitrogens with zero attached hydrogens (tertiary/aromatic N) is 4. The number of rotatable bonds is 4. The molecular formula is C16H15FN4O2. The van der Waals surface area contributed by atoms with Crippen LogP contribution in [0, 0.1) is 12.7 Å². The third-order valence-electron chi connectivity index (χ3n) is 3.35. The van der Waals surface area contributed by atoms with Gasteiger partial charge in [0.15, 0.2) is 17.3 Å². The molecule has 6 nitrogen and oxygen atoms in total. The van der Waals surface area contributed by atoms with Gasteiger partial charge in [0.25, 0.3) is 0 Å². The quantitative estimate of drug-likeness (QED) is 0.678. The molecule has 3 rings (SSSR count). The molecule has 1 aromatic carbocycles. The summed E-state index contributed by atoms with van der Waals surface area (Å²) in [6.45, 7) is 1.80. The second-order valence-corrected chi connectivity index (χ2v) is 4.84. The van der Waals surface area contributed by atoms with Gasteiger partial charge in [-0.15, -0.1) is 10.2 Å². The molecule has 0 aliphatic carbocycles. The third-order valence-corrected chi connectivity index (χ3v) is 3.35. The first-order valence-corrected chi connectivity index (χ1v) is 6.90. The average molecular weight is 314 g/mol. The molecule has 0 aliphatic heterocycles. The zero-order valence-corrected chi connectivity index (χ0v) is 12.9. The molecule has 0 amide bonds. The van der Waals surface area contributed by atoms with Crippen LogP contribution >= 0.6 is 0 Å². The number of halogens is 1. The molecule has 0 bridgehead atoms. The van der Waals surface area contributed by atoms with E-state index in [4.69, 9.17) is 9.47 Å². The van der Waals surface area contributed by atoms with E-state index in [2.05, 4.69) is 15.2 Å². The van der Waals surface area contributed by atoms with E-state index in [0.717, 1.165) is 0 Å². The third kappa shape index (κ3) is 2.85. The van der Waals surface area contributed by atoms with Crippen molar-refractivity contribution in [2.75, 3.05) is 14.2 Å². The smallest absolute Gasteiger partial charge is 0.182 e. The highest BCUT2D eigenvalue weighted by Gasteiger charge is 2.09. The van der Waals surface area contributed by atoms with Crippen molar-refractivity contribution in [3.63, 3.8) is 0 Å². The molecule has 3 aromatic rings. The van der Waals surface area contributed by atoms with E-state index in [1.165, 1.54) is 12.3 Å². The Bertz CT molecular complexity index is 889. The van der Waals surface area contributed by atoms with Crippen molar-refractivity contribution in [3.05, 3.63) is 48.0 Å². The molecule has 0 spiro atoms. The monoisotopic (exact) mass is 314 g/mol. The van der Waals surface area contributed by atoms with Crippen molar-refractivity contribution in [2.24, 2.45) is 10.2 Å². The normalized spacial score (nSPS) is 11.3. The number of imidazole rings is 1. The summed E-state index contributed by atoms with van der Waals surface area (Å²) in [5.74, 6) is 1.29. The van der Waals surface area contributed by atoms with Gasteiger partial charge in [-0.25, -0.2) is 9.37 Å². The number of hydrogen-bond acceptors (Lipinski definition) is 5. The predicted octanol–water partition coefficient (Wildman–Crippen LogP) is 4.21. The molecule has 0 radical (unpaired) electrons. The number of azo groups is 1. The van der Waals surface area contributed by atoms with Gasteiger partial charge in [0.1, 0.15) is 11.5 Å². The van der Waals surface area contributed by atoms with Crippen LogP contribution in [0.2, 0.25) is 0 Å². The van der Waals surface area contributed by atoms with Crippen LogP contribution in [0.1, 0.15) is 5.69 Å². The van der Waals surface area contributed by atoms with Crippen LogP contribution in [0.5, 0.6) is 11.5 Å². The maximum absolute atomic E-state index is 13.4. The van der Waals surface area contributed by atoms with Gasteiger partial charge in [-0.1, -0.05) is 0 Å². The van der Waals surface area contributed by atoms with Gasteiger partial charge in [0.2, 0.25) is 0 Å². The Labute approximate surface area is 132 Å². The second-order valence-electron chi connectivity index (χ2n) is 4.84. The highest BCUT2D eigenvalue weighted by atomic mass is 19.1. The lowest BCUT2D eigenvalue weighted by atomic mass is 10.3. The number of fused-ring (bicyclic) bond motifs is 1. The molecule has 23 heavy (non-hydrogen) atoms. The van der Waals surface area contributed by atoms with E-state index in [1.54, 1.807) is 49.8 Å². The molecule has 0 atom stereocenters. The summed E-state index contributed by atoms with van der Waals surface area (Å²) in [4.78, 5) is 4.33. The molecule has 2 aromatic heterocycles. The molecular weight excluding hydrogens is 299 g/mol. The SMILES string of the molecule is COc1ccc(N=Nc2c(C)nc3ccc(F)cn23)cc1OC. The van der Waals surface area contributed by atoms with E-state index >= 15 is 0 Å². The fourth-order valence-electron chi connectivity index (χ4n) is 2.24. The number of benzene rings is 1. The van der Waals surface area contributed by atoms with Crippen molar-refractivity contribution < 1.29 is 13.9 Å². The van der Waals surface area contributed by atoms with Crippen LogP contribution in [-0.2, 0) is 0 Å². The summed E-state index contributed by atoms with van der Waals surface area (Å²) in [5.41, 5.74) is 1.87. The van der Waals surface area contributed by atoms with Crippen molar-refractivity contribution in [1.82, 2.24) is 9.38 Å². The number of pyridine rings is 1. The lowest BCUT2D eigenvalue weighted by Crippen LogP contribution is -1.89. The predicted molar refractivity (Wildman–Crippen MR) is 83.6 cm³/mol. The van der Waals surface area contributed by atoms with Crippen molar-refractivity contribution in [2.45, 2.75) is 6.92 Å². The van der Waals surface area contributed by atoms with Gasteiger partial charge in [-0.05, 0) is 31.2 Å². The second kappa shape index (κ2) is 6.04. The summed E-state index contributed by atoms with van der Waals surface area (Å²) in [6.07, 6.45) is 1.33. The number of aryl methyl sites for hydroxylation is 1. The molecule has 0 saturated carbocycles. The van der Waals surface area contributed by atoms with Gasteiger partial charge < -0.3 is 9.47 Å². The Morgan fingerprint density at radius 3 is 2.57 bits per heavy atom. The average Bonchev–Trinajstić information content (AvgIpc) is 2.87. The first-order chi connectivity index (χ1) is 11.1. The van der Waals surface area contributed by atoms with Crippen LogP contribution in [0.3, 0.4) is 0 Å². The van der Waals surface area contributed by atoms with Gasteiger partial charge in [0, 0.05) is 12.3 Å². The Morgan fingerprint density at radius 2 is 1.83 bits per heavy atom. The van der Waals surface area contributed by atoms with Crippen LogP contribution in [0.4, 0.5) is 15.9 Å². The fraction of sp³-hybridized carbons (Fsp3) is 0.188. The zero-order chi connectivity index (χ0) is 16.4. The minimum absolute atomic E-state index is 0.363. The summed E-state index contributed by atoms with van der Waals surface area (Å²) in [5, 5.41) is 8.38. The largest absolute Gasteiger partial charge is 0.493 e. The maximum atomic E-state index is 13.4. The van der Waals surface area contributed by atoms with Crippen molar-refractivity contribution >= 4 is 17.2 Å². The lowest BCUT2D eigenvalue weighted by molar-refractivity contribution is 0.355. The van der Waals surface area contributed by atoms with Gasteiger partial charge in [0.05, 0.1) is 25.6 Å². The maximum Gasteiger partial charge on any atom is 0.182 e. The summed E-state index contributed by atoms with van der Waals surface area (Å²) in [7, 11) is 3.12. The minimum Gasteiger partial charge on any atom is -0.493 e. The van der Waals surface area contributed by atoms with Gasteiger partial charge in [-0.3, -0.25) is 4.40 Å². The molecule has 0 N–H and O–H groups in total. The highest BCUT2D eigenvalue weighted by Crippen LogP contribution is 2.32. The molecule has 118 valence electrons. The summed E-state index contributed by atoms with van der Waals surface area (Å²) in [6, 6.07) is 8.16. The molecule has 0 saturated heterocycles.